The average molecular weight is 338 g/mol. The second kappa shape index (κ2) is 7.38. The van der Waals surface area contributed by atoms with Crippen LogP contribution < -0.4 is 0 Å². The molecule has 0 aliphatic heterocycles. The summed E-state index contributed by atoms with van der Waals surface area (Å²) in [4.78, 5) is 40.2. The molecule has 0 aliphatic carbocycles. The van der Waals surface area contributed by atoms with Crippen LogP contribution in [0.15, 0.2) is 0 Å². The van der Waals surface area contributed by atoms with Crippen molar-refractivity contribution < 1.29 is 63.9 Å². The van der Waals surface area contributed by atoms with Gasteiger partial charge in [-0.2, -0.15) is 8.62 Å². The van der Waals surface area contributed by atoms with Crippen LogP contribution in [0.25, 0.3) is 0 Å². The molecule has 0 aromatic rings. The first-order valence-corrected chi connectivity index (χ1v) is 6.83. The van der Waals surface area contributed by atoms with Crippen LogP contribution >= 0.6 is 23.5 Å². The second-order valence-electron chi connectivity index (χ2n) is 1.61. The van der Waals surface area contributed by atoms with Crippen molar-refractivity contribution in [3.05, 3.63) is 0 Å². The molecule has 0 spiro atoms. The van der Waals surface area contributed by atoms with Gasteiger partial charge in [0.2, 0.25) is 0 Å². The van der Waals surface area contributed by atoms with Gasteiger partial charge < -0.3 is 24.5 Å². The Morgan fingerprint density at radius 2 is 0.933 bits per heavy atom. The van der Waals surface area contributed by atoms with Gasteiger partial charge in [0.1, 0.15) is 0 Å². The van der Waals surface area contributed by atoms with Crippen molar-refractivity contribution in [2.45, 2.75) is 0 Å². The van der Waals surface area contributed by atoms with Gasteiger partial charge >= 0.3 is 53.0 Å². The van der Waals surface area contributed by atoms with E-state index in [1.54, 1.807) is 0 Å². The minimum atomic E-state index is -5.46. The van der Waals surface area contributed by atoms with Crippen molar-refractivity contribution in [1.82, 2.24) is 0 Å². The Hall–Kier alpha value is 1.93. The molecule has 15 heavy (non-hydrogen) atoms. The molecule has 0 atom stereocenters. The summed E-state index contributed by atoms with van der Waals surface area (Å²) in [5, 5.41) is 0. The monoisotopic (exact) mass is 338 g/mol. The van der Waals surface area contributed by atoms with E-state index in [1.165, 1.54) is 0 Å². The molecule has 0 saturated carbocycles. The molecule has 90 valence electrons. The van der Waals surface area contributed by atoms with Gasteiger partial charge in [0.15, 0.2) is 0 Å². The van der Waals surface area contributed by atoms with Gasteiger partial charge in [-0.1, -0.05) is 0 Å². The van der Waals surface area contributed by atoms with Crippen molar-refractivity contribution in [3.63, 3.8) is 0 Å². The molecule has 0 aliphatic rings. The van der Waals surface area contributed by atoms with E-state index < -0.39 is 23.5 Å². The van der Waals surface area contributed by atoms with Gasteiger partial charge in [0.05, 0.1) is 0 Å². The molecule has 0 aromatic carbocycles. The molecule has 0 aromatic heterocycles. The zero-order chi connectivity index (χ0) is 10.9. The SMILES string of the molecule is O=P(O)(O)OP(=O)(O)OP(=O)(O)O.[Fe].[NaH]. The van der Waals surface area contributed by atoms with Crippen LogP contribution in [-0.2, 0) is 39.4 Å². The number of phosphoric acid groups is 3. The Morgan fingerprint density at radius 3 is 1.07 bits per heavy atom. The molecule has 10 nitrogen and oxygen atoms in total. The summed E-state index contributed by atoms with van der Waals surface area (Å²) in [6.07, 6.45) is 0. The molecule has 0 saturated heterocycles. The Morgan fingerprint density at radius 1 is 0.733 bits per heavy atom. The van der Waals surface area contributed by atoms with Crippen LogP contribution in [-0.4, -0.2) is 54.0 Å². The maximum atomic E-state index is 10.4. The van der Waals surface area contributed by atoms with Gasteiger partial charge in [-0.05, 0) is 0 Å². The average Bonchev–Trinajstić information content (AvgIpc) is 1.43. The maximum absolute atomic E-state index is 10.4. The van der Waals surface area contributed by atoms with Crippen molar-refractivity contribution in [2.75, 3.05) is 0 Å². The molecule has 0 fully saturated rings. The summed E-state index contributed by atoms with van der Waals surface area (Å²) in [5.41, 5.74) is 0. The summed E-state index contributed by atoms with van der Waals surface area (Å²) in [6, 6.07) is 0. The van der Waals surface area contributed by atoms with E-state index in [9.17, 15) is 13.7 Å². The zero-order valence-corrected chi connectivity index (χ0v) is 9.76. The summed E-state index contributed by atoms with van der Waals surface area (Å²) in [5.74, 6) is 0. The van der Waals surface area contributed by atoms with Gasteiger partial charge in [0.25, 0.3) is 0 Å². The fraction of sp³-hybridized carbons (Fsp3) is 0. The van der Waals surface area contributed by atoms with Crippen molar-refractivity contribution in [3.8, 4) is 0 Å². The Labute approximate surface area is 116 Å². The van der Waals surface area contributed by atoms with Gasteiger partial charge in [0, 0.05) is 17.1 Å². The molecule has 15 heteroatoms. The summed E-state index contributed by atoms with van der Waals surface area (Å²) in [6.45, 7) is 0. The molecular weight excluding hydrogens is 332 g/mol. The number of hydrogen-bond donors (Lipinski definition) is 5. The summed E-state index contributed by atoms with van der Waals surface area (Å²) >= 11 is 0. The van der Waals surface area contributed by atoms with E-state index in [1.807, 2.05) is 0 Å². The van der Waals surface area contributed by atoms with E-state index >= 15 is 0 Å². The third-order valence-corrected chi connectivity index (χ3v) is 3.77. The normalized spacial score (nSPS) is 12.6. The van der Waals surface area contributed by atoms with Crippen LogP contribution in [0.3, 0.4) is 0 Å². The Bertz CT molecular complexity index is 283. The van der Waals surface area contributed by atoms with E-state index in [2.05, 4.69) is 8.62 Å². The number of hydrogen-bond acceptors (Lipinski definition) is 5. The molecule has 0 bridgehead atoms. The van der Waals surface area contributed by atoms with Crippen LogP contribution in [0.2, 0.25) is 0 Å². The molecular formula is H6FeNaO10P3. The minimum absolute atomic E-state index is 0. The first-order valence-electron chi connectivity index (χ1n) is 2.28. The Balaban J connectivity index is -0.000000720. The van der Waals surface area contributed by atoms with E-state index in [0.717, 1.165) is 0 Å². The standard InChI is InChI=1S/Fe.Na.H5O10P3.H/c;;1-11(2,3)9-13(7,8)10-12(4,5)6;/h;;(H,7,8)(H2,1,2,3)(H2,4,5,6);. The van der Waals surface area contributed by atoms with Gasteiger partial charge in [-0.25, -0.2) is 13.7 Å². The summed E-state index contributed by atoms with van der Waals surface area (Å²) in [7, 11) is -16.2. The fourth-order valence-corrected chi connectivity index (χ4v) is 2.82. The van der Waals surface area contributed by atoms with Gasteiger partial charge in [-0.3, -0.25) is 0 Å². The predicted octanol–water partition coefficient (Wildman–Crippen LogP) is -1.35. The first kappa shape index (κ1) is 22.1. The summed E-state index contributed by atoms with van der Waals surface area (Å²) < 4.78 is 36.4. The first-order chi connectivity index (χ1) is 5.41. The fourth-order valence-electron chi connectivity index (χ4n) is 0.284. The Kier molecular flexibility index (Phi) is 10.9. The van der Waals surface area contributed by atoms with Crippen molar-refractivity contribution in [2.24, 2.45) is 0 Å². The molecule has 0 amide bonds. The van der Waals surface area contributed by atoms with E-state index in [-0.39, 0.29) is 46.6 Å². The number of rotatable bonds is 4. The van der Waals surface area contributed by atoms with Crippen molar-refractivity contribution in [1.29, 1.82) is 0 Å². The molecule has 0 unspecified atom stereocenters. The molecule has 5 N–H and O–H groups in total. The molecule has 0 radical (unpaired) electrons. The van der Waals surface area contributed by atoms with E-state index in [4.69, 9.17) is 24.5 Å². The third kappa shape index (κ3) is 15.9. The van der Waals surface area contributed by atoms with Crippen LogP contribution in [0, 0.1) is 0 Å². The predicted molar refractivity (Wildman–Crippen MR) is 43.2 cm³/mol. The van der Waals surface area contributed by atoms with Crippen LogP contribution in [0.1, 0.15) is 0 Å². The van der Waals surface area contributed by atoms with Crippen molar-refractivity contribution >= 4 is 53.0 Å². The topological polar surface area (TPSA) is 171 Å². The zero-order valence-electron chi connectivity index (χ0n) is 5.97. The molecule has 0 heterocycles. The quantitative estimate of drug-likeness (QED) is 0.305. The van der Waals surface area contributed by atoms with Crippen LogP contribution in [0.4, 0.5) is 0 Å². The van der Waals surface area contributed by atoms with Crippen LogP contribution in [0.5, 0.6) is 0 Å². The van der Waals surface area contributed by atoms with Gasteiger partial charge in [-0.15, -0.1) is 0 Å². The molecule has 0 rings (SSSR count). The third-order valence-electron chi connectivity index (χ3n) is 0.419. The second-order valence-corrected chi connectivity index (χ2v) is 5.82. The van der Waals surface area contributed by atoms with E-state index in [0.29, 0.717) is 0 Å².